The van der Waals surface area contributed by atoms with Crippen LogP contribution in [0.3, 0.4) is 0 Å². The predicted molar refractivity (Wildman–Crippen MR) is 110 cm³/mol. The van der Waals surface area contributed by atoms with Crippen molar-refractivity contribution >= 4 is 15.7 Å². The standard InChI is InChI=1S/C22H32N2O3S/c1-14-7-9-15(10-8-14)28(26,27)24-23-18-17-16(13-20(18,2)3)21(4)11-6-12-22(17,5)19(21)25/h7-10,16-17,19,24-25H,6,11-13H2,1-5H3/b23-18+/t16-,17-,19-,21+,22+/m1/s1. The van der Waals surface area contributed by atoms with Crippen LogP contribution in [0.2, 0.25) is 0 Å². The van der Waals surface area contributed by atoms with Crippen LogP contribution in [-0.2, 0) is 10.0 Å². The Balaban J connectivity index is 1.71. The molecule has 3 saturated carbocycles. The lowest BCUT2D eigenvalue weighted by molar-refractivity contribution is -0.0578. The molecule has 0 radical (unpaired) electrons. The van der Waals surface area contributed by atoms with E-state index in [9.17, 15) is 13.5 Å². The number of fused-ring (bicyclic) bond motifs is 5. The molecule has 3 aliphatic carbocycles. The van der Waals surface area contributed by atoms with Gasteiger partial charge in [0.2, 0.25) is 0 Å². The molecule has 3 fully saturated rings. The van der Waals surface area contributed by atoms with Crippen molar-refractivity contribution in [2.24, 2.45) is 33.2 Å². The van der Waals surface area contributed by atoms with Crippen LogP contribution >= 0.6 is 0 Å². The van der Waals surface area contributed by atoms with Crippen LogP contribution < -0.4 is 4.83 Å². The predicted octanol–water partition coefficient (Wildman–Crippen LogP) is 3.86. The van der Waals surface area contributed by atoms with Gasteiger partial charge in [-0.2, -0.15) is 13.5 Å². The highest BCUT2D eigenvalue weighted by atomic mass is 32.2. The van der Waals surface area contributed by atoms with Crippen LogP contribution in [0.1, 0.15) is 58.9 Å². The van der Waals surface area contributed by atoms with E-state index >= 15 is 0 Å². The lowest BCUT2D eigenvalue weighted by atomic mass is 9.63. The van der Waals surface area contributed by atoms with E-state index in [-0.39, 0.29) is 33.2 Å². The molecule has 1 aromatic carbocycles. The molecular formula is C22H32N2O3S. The largest absolute Gasteiger partial charge is 0.392 e. The van der Waals surface area contributed by atoms with E-state index in [4.69, 9.17) is 0 Å². The van der Waals surface area contributed by atoms with Gasteiger partial charge in [-0.15, -0.1) is 0 Å². The third kappa shape index (κ3) is 2.67. The van der Waals surface area contributed by atoms with E-state index < -0.39 is 10.0 Å². The van der Waals surface area contributed by atoms with Gasteiger partial charge < -0.3 is 5.11 Å². The van der Waals surface area contributed by atoms with Gasteiger partial charge in [-0.3, -0.25) is 0 Å². The van der Waals surface area contributed by atoms with Crippen molar-refractivity contribution in [3.8, 4) is 0 Å². The minimum absolute atomic E-state index is 0.109. The van der Waals surface area contributed by atoms with Gasteiger partial charge in [-0.1, -0.05) is 51.8 Å². The van der Waals surface area contributed by atoms with Crippen molar-refractivity contribution in [2.75, 3.05) is 0 Å². The highest BCUT2D eigenvalue weighted by molar-refractivity contribution is 7.89. The number of nitrogens with one attached hydrogen (secondary N) is 1. The number of aliphatic hydroxyl groups excluding tert-OH is 1. The number of aliphatic hydroxyl groups is 1. The van der Waals surface area contributed by atoms with Crippen molar-refractivity contribution in [1.82, 2.24) is 4.83 Å². The Morgan fingerprint density at radius 2 is 1.68 bits per heavy atom. The Hall–Kier alpha value is -1.40. The molecule has 1 aromatic rings. The number of benzene rings is 1. The molecule has 0 amide bonds. The third-order valence-electron chi connectivity index (χ3n) is 7.98. The van der Waals surface area contributed by atoms with Crippen LogP contribution in [-0.4, -0.2) is 25.3 Å². The number of hydrogen-bond donors (Lipinski definition) is 2. The van der Waals surface area contributed by atoms with Gasteiger partial charge in [-0.25, -0.2) is 4.83 Å². The topological polar surface area (TPSA) is 78.8 Å². The summed E-state index contributed by atoms with van der Waals surface area (Å²) in [5.74, 6) is 0.457. The van der Waals surface area contributed by atoms with Crippen molar-refractivity contribution in [2.45, 2.75) is 71.3 Å². The smallest absolute Gasteiger partial charge is 0.276 e. The average Bonchev–Trinajstić information content (AvgIpc) is 2.92. The van der Waals surface area contributed by atoms with Crippen LogP contribution in [0.15, 0.2) is 34.3 Å². The SMILES string of the molecule is Cc1ccc(S(=O)(=O)N/N=C2\[C@H]3[C@@H](CC2(C)C)[C@]2(C)CCC[C@]3(C)[C@@H]2O)cc1. The van der Waals surface area contributed by atoms with Crippen molar-refractivity contribution in [1.29, 1.82) is 0 Å². The first-order valence-electron chi connectivity index (χ1n) is 10.3. The molecule has 6 heteroatoms. The van der Waals surface area contributed by atoms with Crippen LogP contribution in [0, 0.1) is 35.0 Å². The van der Waals surface area contributed by atoms with E-state index in [1.807, 2.05) is 6.92 Å². The number of hydrogen-bond acceptors (Lipinski definition) is 4. The van der Waals surface area contributed by atoms with Gasteiger partial charge in [0, 0.05) is 22.5 Å². The van der Waals surface area contributed by atoms with Crippen LogP contribution in [0.5, 0.6) is 0 Å². The summed E-state index contributed by atoms with van der Waals surface area (Å²) in [5, 5.41) is 15.7. The van der Waals surface area contributed by atoms with E-state index in [0.29, 0.717) is 5.92 Å². The maximum atomic E-state index is 12.8. The summed E-state index contributed by atoms with van der Waals surface area (Å²) in [5.41, 5.74) is 1.38. The van der Waals surface area contributed by atoms with Gasteiger partial charge in [0.15, 0.2) is 0 Å². The highest BCUT2D eigenvalue weighted by Crippen LogP contribution is 2.70. The first-order chi connectivity index (χ1) is 12.9. The summed E-state index contributed by atoms with van der Waals surface area (Å²) in [6.07, 6.45) is 3.68. The summed E-state index contributed by atoms with van der Waals surface area (Å²) in [4.78, 5) is 2.73. The number of rotatable bonds is 3. The van der Waals surface area contributed by atoms with Gasteiger partial charge in [0.25, 0.3) is 10.0 Å². The molecule has 5 nitrogen and oxygen atoms in total. The molecule has 0 aliphatic heterocycles. The molecule has 28 heavy (non-hydrogen) atoms. The minimum atomic E-state index is -3.71. The summed E-state index contributed by atoms with van der Waals surface area (Å²) in [6, 6.07) is 6.79. The van der Waals surface area contributed by atoms with Crippen LogP contribution in [0.25, 0.3) is 0 Å². The Morgan fingerprint density at radius 3 is 2.32 bits per heavy atom. The minimum Gasteiger partial charge on any atom is -0.392 e. The molecule has 0 aromatic heterocycles. The zero-order valence-electron chi connectivity index (χ0n) is 17.5. The maximum absolute atomic E-state index is 12.8. The molecule has 3 aliphatic rings. The molecule has 154 valence electrons. The number of hydrazone groups is 1. The quantitative estimate of drug-likeness (QED) is 0.751. The fourth-order valence-corrected chi connectivity index (χ4v) is 7.28. The molecule has 0 spiro atoms. The second-order valence-corrected chi connectivity index (χ2v) is 12.0. The van der Waals surface area contributed by atoms with Crippen molar-refractivity contribution in [3.05, 3.63) is 29.8 Å². The zero-order valence-corrected chi connectivity index (χ0v) is 18.3. The summed E-state index contributed by atoms with van der Waals surface area (Å²) in [7, 11) is -3.71. The lowest BCUT2D eigenvalue weighted by Crippen LogP contribution is -2.46. The van der Waals surface area contributed by atoms with E-state index in [1.165, 1.54) is 0 Å². The first-order valence-corrected chi connectivity index (χ1v) is 11.7. The second-order valence-electron chi connectivity index (χ2n) is 10.3. The van der Waals surface area contributed by atoms with E-state index in [0.717, 1.165) is 37.0 Å². The molecule has 2 bridgehead atoms. The fourth-order valence-electron chi connectivity index (χ4n) is 6.46. The maximum Gasteiger partial charge on any atom is 0.276 e. The van der Waals surface area contributed by atoms with E-state index in [2.05, 4.69) is 37.6 Å². The fraction of sp³-hybridized carbons (Fsp3) is 0.682. The van der Waals surface area contributed by atoms with Gasteiger partial charge in [0.1, 0.15) is 0 Å². The zero-order chi connectivity index (χ0) is 20.5. The molecule has 5 atom stereocenters. The molecular weight excluding hydrogens is 372 g/mol. The lowest BCUT2D eigenvalue weighted by Gasteiger charge is -2.44. The Bertz CT molecular complexity index is 922. The third-order valence-corrected chi connectivity index (χ3v) is 9.20. The highest BCUT2D eigenvalue weighted by Gasteiger charge is 2.70. The molecule has 4 rings (SSSR count). The van der Waals surface area contributed by atoms with Crippen molar-refractivity contribution < 1.29 is 13.5 Å². The Kier molecular flexibility index (Phi) is 4.30. The summed E-state index contributed by atoms with van der Waals surface area (Å²) in [6.45, 7) is 10.6. The van der Waals surface area contributed by atoms with Gasteiger partial charge in [-0.05, 0) is 49.7 Å². The number of nitrogens with zero attached hydrogens (tertiary/aromatic N) is 1. The molecule has 0 heterocycles. The van der Waals surface area contributed by atoms with Crippen molar-refractivity contribution in [3.63, 3.8) is 0 Å². The molecule has 0 saturated heterocycles. The second kappa shape index (κ2) is 6.05. The summed E-state index contributed by atoms with van der Waals surface area (Å²) < 4.78 is 25.5. The average molecular weight is 405 g/mol. The number of sulfonamides is 1. The molecule has 0 unspecified atom stereocenters. The van der Waals surface area contributed by atoms with E-state index in [1.54, 1.807) is 24.3 Å². The van der Waals surface area contributed by atoms with Gasteiger partial charge >= 0.3 is 0 Å². The normalized spacial score (nSPS) is 40.5. The monoisotopic (exact) mass is 404 g/mol. The summed E-state index contributed by atoms with van der Waals surface area (Å²) >= 11 is 0. The Morgan fingerprint density at radius 1 is 1.07 bits per heavy atom. The molecule has 2 N–H and O–H groups in total. The number of aryl methyl sites for hydroxylation is 1. The first kappa shape index (κ1) is 19.9. The van der Waals surface area contributed by atoms with Crippen LogP contribution in [0.4, 0.5) is 0 Å². The van der Waals surface area contributed by atoms with Gasteiger partial charge in [0.05, 0.1) is 11.0 Å². The Labute approximate surface area is 168 Å².